The number of H-pyrrole nitrogens is 1. The normalized spacial score (nSPS) is 11.8. The lowest BCUT2D eigenvalue weighted by molar-refractivity contribution is 0.0437. The zero-order valence-electron chi connectivity index (χ0n) is 15.4. The number of esters is 1. The molecule has 28 heavy (non-hydrogen) atoms. The van der Waals surface area contributed by atoms with E-state index in [2.05, 4.69) is 9.97 Å². The lowest BCUT2D eigenvalue weighted by Gasteiger charge is -2.13. The molecule has 1 atom stereocenters. The van der Waals surface area contributed by atoms with Crippen LogP contribution < -0.4 is 11.2 Å². The predicted molar refractivity (Wildman–Crippen MR) is 103 cm³/mol. The molecule has 142 valence electrons. The van der Waals surface area contributed by atoms with Crippen LogP contribution in [0.3, 0.4) is 0 Å². The smallest absolute Gasteiger partial charge is 0.340 e. The molecule has 0 spiro atoms. The first-order valence-corrected chi connectivity index (χ1v) is 8.80. The van der Waals surface area contributed by atoms with E-state index in [1.807, 2.05) is 31.2 Å². The SMILES string of the molecule is CCCn1c(=O)[nH]c(=O)c2c(C(=O)O[C@@H](C)C#N)cc(-c3ccccc3)nc21. The molecule has 2 aromatic heterocycles. The molecule has 0 saturated carbocycles. The number of nitriles is 1. The highest BCUT2D eigenvalue weighted by Gasteiger charge is 2.22. The van der Waals surface area contributed by atoms with Crippen molar-refractivity contribution in [2.24, 2.45) is 0 Å². The summed E-state index contributed by atoms with van der Waals surface area (Å²) in [7, 11) is 0. The van der Waals surface area contributed by atoms with Crippen LogP contribution in [-0.4, -0.2) is 26.6 Å². The Kier molecular flexibility index (Phi) is 5.36. The predicted octanol–water partition coefficient (Wildman–Crippen LogP) is 2.23. The van der Waals surface area contributed by atoms with E-state index >= 15 is 0 Å². The summed E-state index contributed by atoms with van der Waals surface area (Å²) in [5.41, 5.74) is -0.134. The fraction of sp³-hybridized carbons (Fsp3) is 0.250. The second-order valence-electron chi connectivity index (χ2n) is 6.21. The van der Waals surface area contributed by atoms with E-state index in [4.69, 9.17) is 10.00 Å². The Balaban J connectivity index is 2.38. The van der Waals surface area contributed by atoms with Crippen molar-refractivity contribution >= 4 is 17.0 Å². The number of pyridine rings is 1. The number of aromatic nitrogens is 3. The molecule has 0 unspecified atom stereocenters. The molecular weight excluding hydrogens is 360 g/mol. The van der Waals surface area contributed by atoms with Crippen molar-refractivity contribution < 1.29 is 9.53 Å². The lowest BCUT2D eigenvalue weighted by atomic mass is 10.1. The molecule has 3 rings (SSSR count). The van der Waals surface area contributed by atoms with Gasteiger partial charge in [-0.15, -0.1) is 0 Å². The number of carbonyl (C=O) groups excluding carboxylic acids is 1. The number of fused-ring (bicyclic) bond motifs is 1. The number of nitrogens with zero attached hydrogens (tertiary/aromatic N) is 3. The van der Waals surface area contributed by atoms with Crippen LogP contribution >= 0.6 is 0 Å². The van der Waals surface area contributed by atoms with Gasteiger partial charge in [0.05, 0.1) is 16.6 Å². The molecule has 1 aromatic carbocycles. The third-order valence-electron chi connectivity index (χ3n) is 4.15. The van der Waals surface area contributed by atoms with Gasteiger partial charge >= 0.3 is 11.7 Å². The minimum atomic E-state index is -0.989. The first kappa shape index (κ1) is 19.0. The highest BCUT2D eigenvalue weighted by molar-refractivity contribution is 6.03. The van der Waals surface area contributed by atoms with Gasteiger partial charge in [0.25, 0.3) is 5.56 Å². The average Bonchev–Trinajstić information content (AvgIpc) is 2.70. The summed E-state index contributed by atoms with van der Waals surface area (Å²) in [6, 6.07) is 12.3. The number of ether oxygens (including phenoxy) is 1. The van der Waals surface area contributed by atoms with E-state index in [0.717, 1.165) is 0 Å². The second-order valence-corrected chi connectivity index (χ2v) is 6.21. The molecule has 3 aromatic rings. The number of benzene rings is 1. The molecule has 0 amide bonds. The summed E-state index contributed by atoms with van der Waals surface area (Å²) in [4.78, 5) is 44.2. The van der Waals surface area contributed by atoms with Gasteiger partial charge in [-0.25, -0.2) is 14.6 Å². The molecule has 0 radical (unpaired) electrons. The van der Waals surface area contributed by atoms with E-state index in [1.54, 1.807) is 12.1 Å². The molecule has 1 N–H and O–H groups in total. The topological polar surface area (TPSA) is 118 Å². The van der Waals surface area contributed by atoms with Gasteiger partial charge in [-0.1, -0.05) is 37.3 Å². The first-order valence-electron chi connectivity index (χ1n) is 8.80. The van der Waals surface area contributed by atoms with Crippen molar-refractivity contribution in [2.45, 2.75) is 32.9 Å². The summed E-state index contributed by atoms with van der Waals surface area (Å²) in [5, 5.41) is 8.89. The molecular formula is C20H18N4O4. The quantitative estimate of drug-likeness (QED) is 0.680. The molecule has 8 heteroatoms. The Morgan fingerprint density at radius 1 is 1.32 bits per heavy atom. The van der Waals surface area contributed by atoms with Gasteiger partial charge in [-0.3, -0.25) is 14.3 Å². The van der Waals surface area contributed by atoms with E-state index < -0.39 is 23.3 Å². The van der Waals surface area contributed by atoms with Crippen molar-refractivity contribution in [1.29, 1.82) is 5.26 Å². The fourth-order valence-corrected chi connectivity index (χ4v) is 2.87. The summed E-state index contributed by atoms with van der Waals surface area (Å²) < 4.78 is 6.43. The van der Waals surface area contributed by atoms with Crippen LogP contribution in [0.5, 0.6) is 0 Å². The average molecular weight is 378 g/mol. The van der Waals surface area contributed by atoms with Crippen LogP contribution in [0.15, 0.2) is 46.0 Å². The van der Waals surface area contributed by atoms with E-state index in [0.29, 0.717) is 24.2 Å². The maximum Gasteiger partial charge on any atom is 0.340 e. The number of aryl methyl sites for hydroxylation is 1. The molecule has 0 saturated heterocycles. The van der Waals surface area contributed by atoms with Crippen LogP contribution in [0.4, 0.5) is 0 Å². The number of aromatic amines is 1. The second kappa shape index (κ2) is 7.88. The van der Waals surface area contributed by atoms with Gasteiger partial charge in [0.1, 0.15) is 6.07 Å². The van der Waals surface area contributed by atoms with Crippen LogP contribution in [-0.2, 0) is 11.3 Å². The zero-order chi connectivity index (χ0) is 20.3. The van der Waals surface area contributed by atoms with Gasteiger partial charge in [-0.2, -0.15) is 5.26 Å². The molecule has 2 heterocycles. The largest absolute Gasteiger partial charge is 0.444 e. The molecule has 0 fully saturated rings. The Morgan fingerprint density at radius 3 is 2.68 bits per heavy atom. The van der Waals surface area contributed by atoms with Gasteiger partial charge in [0.2, 0.25) is 0 Å². The number of carbonyl (C=O) groups is 1. The van der Waals surface area contributed by atoms with E-state index in [-0.39, 0.29) is 16.6 Å². The van der Waals surface area contributed by atoms with Gasteiger partial charge < -0.3 is 4.74 Å². The minimum Gasteiger partial charge on any atom is -0.444 e. The van der Waals surface area contributed by atoms with Crippen LogP contribution in [0.1, 0.15) is 30.6 Å². The van der Waals surface area contributed by atoms with Crippen molar-refractivity contribution in [1.82, 2.24) is 14.5 Å². The third kappa shape index (κ3) is 3.55. The number of hydrogen-bond acceptors (Lipinski definition) is 6. The number of nitrogens with one attached hydrogen (secondary N) is 1. The molecule has 0 bridgehead atoms. The third-order valence-corrected chi connectivity index (χ3v) is 4.15. The van der Waals surface area contributed by atoms with E-state index in [9.17, 15) is 14.4 Å². The molecule has 8 nitrogen and oxygen atoms in total. The fourth-order valence-electron chi connectivity index (χ4n) is 2.87. The van der Waals surface area contributed by atoms with Gasteiger partial charge in [0, 0.05) is 12.1 Å². The van der Waals surface area contributed by atoms with Crippen molar-refractivity contribution in [2.75, 3.05) is 0 Å². The van der Waals surface area contributed by atoms with E-state index in [1.165, 1.54) is 17.6 Å². The standard InChI is InChI=1S/C20H18N4O4/c1-3-9-24-17-16(18(25)23-20(24)27)14(19(26)28-12(2)11-21)10-15(22-17)13-7-5-4-6-8-13/h4-8,10,12H,3,9H2,1-2H3,(H,23,25,27)/t12-/m0/s1. The summed E-state index contributed by atoms with van der Waals surface area (Å²) in [6.45, 7) is 3.63. The highest BCUT2D eigenvalue weighted by atomic mass is 16.5. The van der Waals surface area contributed by atoms with Gasteiger partial charge in [-0.05, 0) is 19.4 Å². The first-order chi connectivity index (χ1) is 13.5. The summed E-state index contributed by atoms with van der Waals surface area (Å²) in [5.74, 6) is -0.828. The monoisotopic (exact) mass is 378 g/mol. The van der Waals surface area contributed by atoms with Crippen LogP contribution in [0, 0.1) is 11.3 Å². The minimum absolute atomic E-state index is 0.0390. The Bertz CT molecular complexity index is 1190. The molecule has 0 aliphatic heterocycles. The molecule has 0 aliphatic carbocycles. The Morgan fingerprint density at radius 2 is 2.04 bits per heavy atom. The lowest BCUT2D eigenvalue weighted by Crippen LogP contribution is -2.32. The van der Waals surface area contributed by atoms with Crippen LogP contribution in [0.25, 0.3) is 22.3 Å². The Labute approximate surface area is 160 Å². The molecule has 0 aliphatic rings. The zero-order valence-corrected chi connectivity index (χ0v) is 15.4. The maximum atomic E-state index is 12.7. The van der Waals surface area contributed by atoms with Gasteiger partial charge in [0.15, 0.2) is 11.8 Å². The summed E-state index contributed by atoms with van der Waals surface area (Å²) >= 11 is 0. The summed E-state index contributed by atoms with van der Waals surface area (Å²) in [6.07, 6.45) is -0.361. The Hall–Kier alpha value is -3.73. The van der Waals surface area contributed by atoms with Crippen molar-refractivity contribution in [3.8, 4) is 17.3 Å². The number of rotatable bonds is 5. The highest BCUT2D eigenvalue weighted by Crippen LogP contribution is 2.23. The van der Waals surface area contributed by atoms with Crippen molar-refractivity contribution in [3.63, 3.8) is 0 Å². The maximum absolute atomic E-state index is 12.7. The number of hydrogen-bond donors (Lipinski definition) is 1. The van der Waals surface area contributed by atoms with Crippen LogP contribution in [0.2, 0.25) is 0 Å². The van der Waals surface area contributed by atoms with Crippen molar-refractivity contribution in [3.05, 3.63) is 62.8 Å².